The Morgan fingerprint density at radius 3 is 3.00 bits per heavy atom. The van der Waals surface area contributed by atoms with Crippen molar-refractivity contribution in [3.63, 3.8) is 0 Å². The number of benzene rings is 1. The van der Waals surface area contributed by atoms with Gasteiger partial charge in [-0.25, -0.2) is 9.97 Å². The topological polar surface area (TPSA) is 54.9 Å². The van der Waals surface area contributed by atoms with E-state index >= 15 is 0 Å². The number of hydrogen-bond acceptors (Lipinski definition) is 4. The summed E-state index contributed by atoms with van der Waals surface area (Å²) in [5.74, 6) is 1.03. The van der Waals surface area contributed by atoms with Gasteiger partial charge in [-0.05, 0) is 31.0 Å². The number of halogens is 1. The van der Waals surface area contributed by atoms with Crippen molar-refractivity contribution in [1.82, 2.24) is 9.97 Å². The maximum absolute atomic E-state index is 11.9. The van der Waals surface area contributed by atoms with E-state index in [9.17, 15) is 4.79 Å². The summed E-state index contributed by atoms with van der Waals surface area (Å²) in [6, 6.07) is 5.76. The van der Waals surface area contributed by atoms with Gasteiger partial charge >= 0.3 is 0 Å². The van der Waals surface area contributed by atoms with Crippen molar-refractivity contribution in [3.8, 4) is 0 Å². The Hall–Kier alpha value is -1.49. The number of carbonyl (C=O) groups excluding carboxylic acids is 1. The first-order valence-corrected chi connectivity index (χ1v) is 7.23. The van der Waals surface area contributed by atoms with Crippen LogP contribution in [0.5, 0.6) is 0 Å². The molecule has 2 aromatic rings. The largest absolute Gasteiger partial charge is 0.360 e. The summed E-state index contributed by atoms with van der Waals surface area (Å²) in [6.45, 7) is 0. The van der Waals surface area contributed by atoms with Crippen LogP contribution in [0.1, 0.15) is 25.7 Å². The van der Waals surface area contributed by atoms with Crippen molar-refractivity contribution in [1.29, 1.82) is 0 Å². The van der Waals surface area contributed by atoms with E-state index in [4.69, 9.17) is 0 Å². The minimum absolute atomic E-state index is 0.106. The van der Waals surface area contributed by atoms with Crippen LogP contribution in [0.25, 0.3) is 10.9 Å². The molecule has 0 spiro atoms. The number of anilines is 1. The van der Waals surface area contributed by atoms with Crippen molar-refractivity contribution < 1.29 is 4.79 Å². The van der Waals surface area contributed by atoms with Crippen molar-refractivity contribution in [2.75, 3.05) is 5.32 Å². The lowest BCUT2D eigenvalue weighted by molar-refractivity contribution is -0.121. The van der Waals surface area contributed by atoms with E-state index in [1.54, 1.807) is 0 Å². The van der Waals surface area contributed by atoms with Crippen LogP contribution in [0.15, 0.2) is 29.0 Å². The third-order valence-electron chi connectivity index (χ3n) is 3.46. The second-order valence-corrected chi connectivity index (χ2v) is 5.71. The molecule has 19 heavy (non-hydrogen) atoms. The fraction of sp³-hybridized carbons (Fsp3) is 0.357. The summed E-state index contributed by atoms with van der Waals surface area (Å²) >= 11 is 3.45. The second-order valence-electron chi connectivity index (χ2n) is 4.79. The van der Waals surface area contributed by atoms with Crippen molar-refractivity contribution in [2.24, 2.45) is 0 Å². The molecule has 1 heterocycles. The number of ketones is 1. The molecule has 1 unspecified atom stereocenters. The second kappa shape index (κ2) is 5.25. The number of hydrogen-bond donors (Lipinski definition) is 1. The molecule has 1 fully saturated rings. The number of carbonyl (C=O) groups is 1. The summed E-state index contributed by atoms with van der Waals surface area (Å²) in [7, 11) is 0. The molecule has 0 saturated heterocycles. The molecule has 1 atom stereocenters. The maximum atomic E-state index is 11.9. The van der Waals surface area contributed by atoms with Gasteiger partial charge in [0.1, 0.15) is 12.1 Å². The summed E-state index contributed by atoms with van der Waals surface area (Å²) in [5, 5.41) is 4.22. The molecule has 0 aliphatic heterocycles. The van der Waals surface area contributed by atoms with E-state index in [1.165, 1.54) is 6.33 Å². The third-order valence-corrected chi connectivity index (χ3v) is 3.96. The molecule has 0 bridgehead atoms. The molecule has 1 aromatic heterocycles. The van der Waals surface area contributed by atoms with Gasteiger partial charge < -0.3 is 5.32 Å². The monoisotopic (exact) mass is 319 g/mol. The fourth-order valence-electron chi connectivity index (χ4n) is 2.44. The van der Waals surface area contributed by atoms with Crippen molar-refractivity contribution in [3.05, 3.63) is 29.0 Å². The number of rotatable bonds is 2. The van der Waals surface area contributed by atoms with Gasteiger partial charge in [-0.2, -0.15) is 0 Å². The van der Waals surface area contributed by atoms with Crippen LogP contribution in [0, 0.1) is 0 Å². The van der Waals surface area contributed by atoms with Crippen LogP contribution in [-0.2, 0) is 4.79 Å². The lowest BCUT2D eigenvalue weighted by Crippen LogP contribution is -2.32. The molecule has 0 amide bonds. The van der Waals surface area contributed by atoms with Gasteiger partial charge in [-0.15, -0.1) is 0 Å². The highest BCUT2D eigenvalue weighted by atomic mass is 79.9. The molecular formula is C14H14BrN3O. The van der Waals surface area contributed by atoms with Gasteiger partial charge in [0, 0.05) is 16.3 Å². The zero-order chi connectivity index (χ0) is 13.2. The summed E-state index contributed by atoms with van der Waals surface area (Å²) in [4.78, 5) is 20.4. The van der Waals surface area contributed by atoms with E-state index in [-0.39, 0.29) is 11.8 Å². The van der Waals surface area contributed by atoms with Crippen LogP contribution >= 0.6 is 15.9 Å². The summed E-state index contributed by atoms with van der Waals surface area (Å²) in [5.41, 5.74) is 0.879. The van der Waals surface area contributed by atoms with Crippen molar-refractivity contribution in [2.45, 2.75) is 31.7 Å². The van der Waals surface area contributed by atoms with Crippen molar-refractivity contribution >= 4 is 38.4 Å². The average molecular weight is 320 g/mol. The highest BCUT2D eigenvalue weighted by Crippen LogP contribution is 2.25. The number of fused-ring (bicyclic) bond motifs is 1. The third kappa shape index (κ3) is 2.61. The predicted octanol–water partition coefficient (Wildman–Crippen LogP) is 3.32. The van der Waals surface area contributed by atoms with Gasteiger partial charge in [-0.1, -0.05) is 22.4 Å². The number of aromatic nitrogens is 2. The minimum atomic E-state index is -0.106. The van der Waals surface area contributed by atoms with E-state index in [2.05, 4.69) is 31.2 Å². The fourth-order valence-corrected chi connectivity index (χ4v) is 2.81. The highest BCUT2D eigenvalue weighted by molar-refractivity contribution is 9.10. The SMILES string of the molecule is O=C1CCCCC1Nc1ncnc2ccc(Br)cc12. The van der Waals surface area contributed by atoms with Gasteiger partial charge in [0.15, 0.2) is 5.78 Å². The minimum Gasteiger partial charge on any atom is -0.360 e. The smallest absolute Gasteiger partial charge is 0.155 e. The Morgan fingerprint density at radius 2 is 2.16 bits per heavy atom. The van der Waals surface area contributed by atoms with Crippen LogP contribution in [0.4, 0.5) is 5.82 Å². The molecule has 4 nitrogen and oxygen atoms in total. The van der Waals surface area contributed by atoms with Gasteiger partial charge in [0.25, 0.3) is 0 Å². The maximum Gasteiger partial charge on any atom is 0.155 e. The molecule has 1 saturated carbocycles. The molecule has 3 rings (SSSR count). The molecule has 1 aliphatic rings. The first kappa shape index (κ1) is 12.5. The molecule has 1 aromatic carbocycles. The molecular weight excluding hydrogens is 306 g/mol. The number of Topliss-reactive ketones (excluding diaryl/α,β-unsaturated/α-hetero) is 1. The Balaban J connectivity index is 1.95. The Kier molecular flexibility index (Phi) is 3.46. The molecule has 0 radical (unpaired) electrons. The molecule has 1 N–H and O–H groups in total. The lowest BCUT2D eigenvalue weighted by atomic mass is 9.94. The van der Waals surface area contributed by atoms with E-state index in [0.717, 1.165) is 40.5 Å². The Morgan fingerprint density at radius 1 is 1.26 bits per heavy atom. The van der Waals surface area contributed by atoms with Gasteiger partial charge in [0.05, 0.1) is 11.6 Å². The number of nitrogens with one attached hydrogen (secondary N) is 1. The summed E-state index contributed by atoms with van der Waals surface area (Å²) in [6.07, 6.45) is 5.19. The van der Waals surface area contributed by atoms with E-state index in [0.29, 0.717) is 6.42 Å². The van der Waals surface area contributed by atoms with Crippen LogP contribution in [-0.4, -0.2) is 21.8 Å². The summed E-state index contributed by atoms with van der Waals surface area (Å²) < 4.78 is 0.979. The molecule has 98 valence electrons. The molecule has 5 heteroatoms. The standard InChI is InChI=1S/C14H14BrN3O/c15-9-5-6-11-10(7-9)14(17-8-16-11)18-12-3-1-2-4-13(12)19/h5-8,12H,1-4H2,(H,16,17,18). The normalized spacial score (nSPS) is 19.6. The zero-order valence-corrected chi connectivity index (χ0v) is 12.0. The van der Waals surface area contributed by atoms with Gasteiger partial charge in [0.2, 0.25) is 0 Å². The highest BCUT2D eigenvalue weighted by Gasteiger charge is 2.22. The number of nitrogens with zero attached hydrogens (tertiary/aromatic N) is 2. The van der Waals surface area contributed by atoms with Crippen LogP contribution < -0.4 is 5.32 Å². The predicted molar refractivity (Wildman–Crippen MR) is 78.1 cm³/mol. The molecule has 1 aliphatic carbocycles. The first-order chi connectivity index (χ1) is 9.24. The Bertz CT molecular complexity index is 629. The van der Waals surface area contributed by atoms with Crippen LogP contribution in [0.2, 0.25) is 0 Å². The lowest BCUT2D eigenvalue weighted by Gasteiger charge is -2.22. The Labute approximate surface area is 119 Å². The zero-order valence-electron chi connectivity index (χ0n) is 10.4. The quantitative estimate of drug-likeness (QED) is 0.922. The van der Waals surface area contributed by atoms with E-state index < -0.39 is 0 Å². The van der Waals surface area contributed by atoms with Gasteiger partial charge in [-0.3, -0.25) is 4.79 Å². The van der Waals surface area contributed by atoms with Crippen LogP contribution in [0.3, 0.4) is 0 Å². The van der Waals surface area contributed by atoms with E-state index in [1.807, 2.05) is 18.2 Å². The average Bonchev–Trinajstić information content (AvgIpc) is 2.42. The first-order valence-electron chi connectivity index (χ1n) is 6.43.